The van der Waals surface area contributed by atoms with Crippen molar-refractivity contribution in [2.24, 2.45) is 5.41 Å². The predicted molar refractivity (Wildman–Crippen MR) is 110 cm³/mol. The summed E-state index contributed by atoms with van der Waals surface area (Å²) in [6, 6.07) is 14.7. The summed E-state index contributed by atoms with van der Waals surface area (Å²) in [5.41, 5.74) is 2.86. The van der Waals surface area contributed by atoms with E-state index < -0.39 is 0 Å². The lowest BCUT2D eigenvalue weighted by atomic mass is 10.1. The number of benzene rings is 2. The van der Waals surface area contributed by atoms with E-state index in [0.717, 1.165) is 35.9 Å². The zero-order valence-corrected chi connectivity index (χ0v) is 16.4. The number of fused-ring (bicyclic) bond motifs is 1. The Balaban J connectivity index is 1.29. The van der Waals surface area contributed by atoms with Crippen LogP contribution in [-0.2, 0) is 9.59 Å². The first-order valence-electron chi connectivity index (χ1n) is 10.1. The molecule has 1 atom stereocenters. The smallest absolute Gasteiger partial charge is 0.247 e. The van der Waals surface area contributed by atoms with Crippen molar-refractivity contribution in [3.05, 3.63) is 48.5 Å². The van der Waals surface area contributed by atoms with Gasteiger partial charge in [-0.15, -0.1) is 0 Å². The summed E-state index contributed by atoms with van der Waals surface area (Å²) in [6.07, 6.45) is 3.44. The monoisotopic (exact) mass is 389 g/mol. The van der Waals surface area contributed by atoms with Crippen molar-refractivity contribution in [1.29, 1.82) is 0 Å². The number of likely N-dealkylation sites (tertiary alicyclic amines) is 1. The molecule has 148 valence electrons. The second-order valence-corrected chi connectivity index (χ2v) is 8.27. The molecule has 2 amide bonds. The molecule has 1 saturated carbocycles. The number of hydrogen-bond donors (Lipinski definition) is 1. The van der Waals surface area contributed by atoms with Crippen LogP contribution in [0, 0.1) is 5.41 Å². The van der Waals surface area contributed by atoms with Crippen LogP contribution in [0.15, 0.2) is 52.9 Å². The van der Waals surface area contributed by atoms with Crippen molar-refractivity contribution in [3.63, 3.8) is 0 Å². The van der Waals surface area contributed by atoms with Crippen LogP contribution in [0.5, 0.6) is 0 Å². The summed E-state index contributed by atoms with van der Waals surface area (Å²) in [7, 11) is 0. The summed E-state index contributed by atoms with van der Waals surface area (Å²) in [5, 5.41) is 2.96. The fourth-order valence-electron chi connectivity index (χ4n) is 3.95. The molecule has 0 radical (unpaired) electrons. The second-order valence-electron chi connectivity index (χ2n) is 8.27. The number of carbonyl (C=O) groups excluding carboxylic acids is 2. The molecule has 5 rings (SSSR count). The van der Waals surface area contributed by atoms with E-state index in [2.05, 4.69) is 10.3 Å². The molecule has 6 nitrogen and oxygen atoms in total. The summed E-state index contributed by atoms with van der Waals surface area (Å²) in [6.45, 7) is 2.66. The maximum Gasteiger partial charge on any atom is 0.247 e. The number of amides is 2. The maximum atomic E-state index is 12.8. The first kappa shape index (κ1) is 17.9. The molecule has 2 aromatic carbocycles. The first-order chi connectivity index (χ1) is 14.0. The fraction of sp³-hybridized carbons (Fsp3) is 0.348. The molecule has 1 unspecified atom stereocenters. The van der Waals surface area contributed by atoms with Gasteiger partial charge in [-0.2, -0.15) is 0 Å². The molecule has 2 aliphatic rings. The third-order valence-corrected chi connectivity index (χ3v) is 6.03. The highest BCUT2D eigenvalue weighted by atomic mass is 16.3. The Labute approximate surface area is 168 Å². The number of nitrogens with zero attached hydrogens (tertiary/aromatic N) is 2. The Bertz CT molecular complexity index is 1050. The van der Waals surface area contributed by atoms with Crippen LogP contribution in [-0.4, -0.2) is 34.3 Å². The molecule has 1 saturated heterocycles. The van der Waals surface area contributed by atoms with Crippen LogP contribution in [0.25, 0.3) is 22.6 Å². The van der Waals surface area contributed by atoms with Gasteiger partial charge in [0.2, 0.25) is 17.7 Å². The Morgan fingerprint density at radius 3 is 2.62 bits per heavy atom. The second kappa shape index (κ2) is 6.72. The number of aromatic nitrogens is 1. The zero-order valence-electron chi connectivity index (χ0n) is 16.4. The lowest BCUT2D eigenvalue weighted by Crippen LogP contribution is -2.45. The number of hydrogen-bond acceptors (Lipinski definition) is 4. The largest absolute Gasteiger partial charge is 0.436 e. The van der Waals surface area contributed by atoms with Gasteiger partial charge in [0.05, 0.1) is 0 Å². The lowest BCUT2D eigenvalue weighted by molar-refractivity contribution is -0.140. The highest BCUT2D eigenvalue weighted by molar-refractivity contribution is 5.98. The number of rotatable bonds is 4. The molecule has 2 fully saturated rings. The molecular weight excluding hydrogens is 366 g/mol. The SMILES string of the molecule is CC1(C(=O)N2CCCC2C(=O)Nc2ccc(-c3nc4ccccc4o3)cc2)CC1. The van der Waals surface area contributed by atoms with Crippen LogP contribution in [0.3, 0.4) is 0 Å². The van der Waals surface area contributed by atoms with E-state index in [1.807, 2.05) is 55.5 Å². The van der Waals surface area contributed by atoms with Crippen LogP contribution in [0.1, 0.15) is 32.6 Å². The van der Waals surface area contributed by atoms with Gasteiger partial charge in [0.15, 0.2) is 5.58 Å². The van der Waals surface area contributed by atoms with Crippen LogP contribution >= 0.6 is 0 Å². The third kappa shape index (κ3) is 3.28. The number of anilines is 1. The fourth-order valence-corrected chi connectivity index (χ4v) is 3.95. The van der Waals surface area contributed by atoms with Crippen molar-refractivity contribution in [1.82, 2.24) is 9.88 Å². The van der Waals surface area contributed by atoms with Gasteiger partial charge in [-0.3, -0.25) is 9.59 Å². The van der Waals surface area contributed by atoms with Crippen LogP contribution in [0.2, 0.25) is 0 Å². The summed E-state index contributed by atoms with van der Waals surface area (Å²) in [5.74, 6) is 0.561. The predicted octanol–water partition coefficient (Wildman–Crippen LogP) is 4.22. The number of oxazole rings is 1. The minimum absolute atomic E-state index is 0.116. The Morgan fingerprint density at radius 2 is 1.90 bits per heavy atom. The van der Waals surface area contributed by atoms with Gasteiger partial charge >= 0.3 is 0 Å². The highest BCUT2D eigenvalue weighted by Gasteiger charge is 2.50. The van der Waals surface area contributed by atoms with Gasteiger partial charge in [0.1, 0.15) is 11.6 Å². The lowest BCUT2D eigenvalue weighted by Gasteiger charge is -2.26. The zero-order chi connectivity index (χ0) is 20.0. The molecule has 1 aliphatic carbocycles. The number of nitrogens with one attached hydrogen (secondary N) is 1. The van der Waals surface area contributed by atoms with E-state index in [9.17, 15) is 9.59 Å². The molecule has 0 bridgehead atoms. The molecule has 2 heterocycles. The topological polar surface area (TPSA) is 75.4 Å². The molecular formula is C23H23N3O3. The Kier molecular flexibility index (Phi) is 4.15. The van der Waals surface area contributed by atoms with Crippen molar-refractivity contribution >= 4 is 28.6 Å². The van der Waals surface area contributed by atoms with E-state index in [1.54, 1.807) is 4.90 Å². The van der Waals surface area contributed by atoms with E-state index >= 15 is 0 Å². The maximum absolute atomic E-state index is 12.8. The summed E-state index contributed by atoms with van der Waals surface area (Å²) < 4.78 is 5.79. The normalized spacial score (nSPS) is 20.0. The molecule has 1 aromatic heterocycles. The van der Waals surface area contributed by atoms with Gasteiger partial charge in [-0.1, -0.05) is 19.1 Å². The minimum Gasteiger partial charge on any atom is -0.436 e. The number of carbonyl (C=O) groups is 2. The molecule has 29 heavy (non-hydrogen) atoms. The summed E-state index contributed by atoms with van der Waals surface area (Å²) in [4.78, 5) is 31.8. The van der Waals surface area contributed by atoms with Crippen LogP contribution in [0.4, 0.5) is 5.69 Å². The van der Waals surface area contributed by atoms with Gasteiger partial charge in [0, 0.05) is 23.2 Å². The van der Waals surface area contributed by atoms with E-state index in [1.165, 1.54) is 0 Å². The highest BCUT2D eigenvalue weighted by Crippen LogP contribution is 2.47. The Morgan fingerprint density at radius 1 is 1.14 bits per heavy atom. The third-order valence-electron chi connectivity index (χ3n) is 6.03. The number of para-hydroxylation sites is 2. The van der Waals surface area contributed by atoms with E-state index in [0.29, 0.717) is 24.5 Å². The van der Waals surface area contributed by atoms with Crippen molar-refractivity contribution in [2.75, 3.05) is 11.9 Å². The standard InChI is InChI=1S/C23H23N3O3/c1-23(12-13-23)22(28)26-14-4-6-18(26)20(27)24-16-10-8-15(9-11-16)21-25-17-5-2-3-7-19(17)29-21/h2-3,5,7-11,18H,4,6,12-14H2,1H3,(H,24,27). The average molecular weight is 389 g/mol. The van der Waals surface area contributed by atoms with Crippen molar-refractivity contribution in [2.45, 2.75) is 38.6 Å². The van der Waals surface area contributed by atoms with Crippen LogP contribution < -0.4 is 5.32 Å². The molecule has 6 heteroatoms. The van der Waals surface area contributed by atoms with E-state index in [4.69, 9.17) is 4.42 Å². The van der Waals surface area contributed by atoms with Gasteiger partial charge < -0.3 is 14.6 Å². The quantitative estimate of drug-likeness (QED) is 0.725. The summed E-state index contributed by atoms with van der Waals surface area (Å²) >= 11 is 0. The van der Waals surface area contributed by atoms with E-state index in [-0.39, 0.29) is 23.3 Å². The van der Waals surface area contributed by atoms with Gasteiger partial charge in [0.25, 0.3) is 0 Å². The van der Waals surface area contributed by atoms with Crippen molar-refractivity contribution in [3.8, 4) is 11.5 Å². The molecule has 1 N–H and O–H groups in total. The average Bonchev–Trinajstić information content (AvgIpc) is 3.16. The molecule has 3 aromatic rings. The first-order valence-corrected chi connectivity index (χ1v) is 10.1. The molecule has 1 aliphatic heterocycles. The van der Waals surface area contributed by atoms with Crippen molar-refractivity contribution < 1.29 is 14.0 Å². The Hall–Kier alpha value is -3.15. The molecule has 0 spiro atoms. The van der Waals surface area contributed by atoms with Gasteiger partial charge in [-0.05, 0) is 62.1 Å². The minimum atomic E-state index is -0.378. The van der Waals surface area contributed by atoms with Gasteiger partial charge in [-0.25, -0.2) is 4.98 Å².